The van der Waals surface area contributed by atoms with Gasteiger partial charge in [-0.3, -0.25) is 9.69 Å². The lowest BCUT2D eigenvalue weighted by atomic mass is 9.88. The lowest BCUT2D eigenvalue weighted by molar-refractivity contribution is -0.123. The van der Waals surface area contributed by atoms with Crippen LogP contribution in [0.2, 0.25) is 0 Å². The van der Waals surface area contributed by atoms with Crippen LogP contribution < -0.4 is 5.32 Å². The van der Waals surface area contributed by atoms with Gasteiger partial charge >= 0.3 is 0 Å². The Bertz CT molecular complexity index is 842. The van der Waals surface area contributed by atoms with Gasteiger partial charge in [-0.25, -0.2) is 0 Å². The van der Waals surface area contributed by atoms with Crippen LogP contribution in [0.1, 0.15) is 42.0 Å². The molecule has 4 rings (SSSR count). The number of aryl methyl sites for hydroxylation is 1. The van der Waals surface area contributed by atoms with Crippen LogP contribution in [0.5, 0.6) is 5.75 Å². The maximum Gasteiger partial charge on any atom is 0.234 e. The molecule has 2 aromatic rings. The Kier molecular flexibility index (Phi) is 5.26. The summed E-state index contributed by atoms with van der Waals surface area (Å²) in [6.45, 7) is 2.10. The molecule has 0 saturated heterocycles. The number of hydrogen-bond donors (Lipinski definition) is 2. The summed E-state index contributed by atoms with van der Waals surface area (Å²) in [5.74, 6) is 0.399. The molecule has 2 aromatic carbocycles. The number of aromatic hydroxyl groups is 1. The SMILES string of the molecule is O=C(CN1CC=C(c2ccc(O)cc2)CC1)NC1CCCc2ccccc21. The van der Waals surface area contributed by atoms with E-state index in [1.807, 2.05) is 12.1 Å². The molecule has 27 heavy (non-hydrogen) atoms. The first-order chi connectivity index (χ1) is 13.2. The van der Waals surface area contributed by atoms with E-state index in [0.717, 1.165) is 44.3 Å². The summed E-state index contributed by atoms with van der Waals surface area (Å²) in [7, 11) is 0. The van der Waals surface area contributed by atoms with Crippen molar-refractivity contribution in [2.24, 2.45) is 0 Å². The third-order valence-electron chi connectivity index (χ3n) is 5.60. The molecule has 4 heteroatoms. The van der Waals surface area contributed by atoms with Crippen LogP contribution in [0.15, 0.2) is 54.6 Å². The molecule has 0 aromatic heterocycles. The highest BCUT2D eigenvalue weighted by Gasteiger charge is 2.22. The second kappa shape index (κ2) is 7.97. The highest BCUT2D eigenvalue weighted by Crippen LogP contribution is 2.29. The normalized spacial score (nSPS) is 19.9. The molecular weight excluding hydrogens is 336 g/mol. The lowest BCUT2D eigenvalue weighted by Gasteiger charge is -2.29. The van der Waals surface area contributed by atoms with E-state index in [4.69, 9.17) is 0 Å². The Morgan fingerprint density at radius 3 is 2.70 bits per heavy atom. The fraction of sp³-hybridized carbons (Fsp3) is 0.348. The van der Waals surface area contributed by atoms with Gasteiger partial charge in [0.25, 0.3) is 0 Å². The van der Waals surface area contributed by atoms with Crippen molar-refractivity contribution in [3.8, 4) is 5.75 Å². The molecule has 1 atom stereocenters. The first kappa shape index (κ1) is 17.8. The molecule has 1 amide bonds. The van der Waals surface area contributed by atoms with Crippen LogP contribution in [0.3, 0.4) is 0 Å². The van der Waals surface area contributed by atoms with Crippen molar-refractivity contribution in [1.82, 2.24) is 10.2 Å². The van der Waals surface area contributed by atoms with Gasteiger partial charge in [-0.15, -0.1) is 0 Å². The van der Waals surface area contributed by atoms with Crippen molar-refractivity contribution >= 4 is 11.5 Å². The molecule has 2 N–H and O–H groups in total. The minimum atomic E-state index is 0.109. The van der Waals surface area contributed by atoms with Gasteiger partial charge in [-0.1, -0.05) is 42.5 Å². The molecule has 0 bridgehead atoms. The first-order valence-electron chi connectivity index (χ1n) is 9.77. The fourth-order valence-corrected chi connectivity index (χ4v) is 4.14. The quantitative estimate of drug-likeness (QED) is 0.872. The number of nitrogens with zero attached hydrogens (tertiary/aromatic N) is 1. The van der Waals surface area contributed by atoms with Gasteiger partial charge in [-0.2, -0.15) is 0 Å². The first-order valence-corrected chi connectivity index (χ1v) is 9.77. The zero-order valence-electron chi connectivity index (χ0n) is 15.5. The molecule has 1 aliphatic carbocycles. The van der Waals surface area contributed by atoms with Crippen LogP contribution >= 0.6 is 0 Å². The van der Waals surface area contributed by atoms with Crippen LogP contribution in [0.25, 0.3) is 5.57 Å². The Balaban J connectivity index is 1.33. The van der Waals surface area contributed by atoms with Gasteiger partial charge in [0, 0.05) is 13.1 Å². The van der Waals surface area contributed by atoms with Crippen molar-refractivity contribution in [2.45, 2.75) is 31.7 Å². The summed E-state index contributed by atoms with van der Waals surface area (Å²) < 4.78 is 0. The van der Waals surface area contributed by atoms with Gasteiger partial charge in [0.1, 0.15) is 5.75 Å². The molecule has 0 spiro atoms. The average Bonchev–Trinajstić information content (AvgIpc) is 2.69. The van der Waals surface area contributed by atoms with Gasteiger partial charge in [0.2, 0.25) is 5.91 Å². The molecule has 0 saturated carbocycles. The van der Waals surface area contributed by atoms with E-state index in [2.05, 4.69) is 40.6 Å². The van der Waals surface area contributed by atoms with Crippen molar-refractivity contribution in [2.75, 3.05) is 19.6 Å². The van der Waals surface area contributed by atoms with Crippen LogP contribution in [-0.2, 0) is 11.2 Å². The van der Waals surface area contributed by atoms with E-state index in [0.29, 0.717) is 6.54 Å². The maximum atomic E-state index is 12.6. The van der Waals surface area contributed by atoms with Crippen molar-refractivity contribution in [3.63, 3.8) is 0 Å². The summed E-state index contributed by atoms with van der Waals surface area (Å²) in [6, 6.07) is 15.9. The Morgan fingerprint density at radius 1 is 1.11 bits per heavy atom. The van der Waals surface area contributed by atoms with Crippen LogP contribution in [0.4, 0.5) is 0 Å². The lowest BCUT2D eigenvalue weighted by Crippen LogP contribution is -2.41. The number of carbonyl (C=O) groups is 1. The van der Waals surface area contributed by atoms with E-state index in [-0.39, 0.29) is 17.7 Å². The van der Waals surface area contributed by atoms with E-state index < -0.39 is 0 Å². The number of amides is 1. The predicted molar refractivity (Wildman–Crippen MR) is 107 cm³/mol. The van der Waals surface area contributed by atoms with Gasteiger partial charge < -0.3 is 10.4 Å². The van der Waals surface area contributed by atoms with Gasteiger partial charge in [-0.05, 0) is 60.1 Å². The predicted octanol–water partition coefficient (Wildman–Crippen LogP) is 3.68. The smallest absolute Gasteiger partial charge is 0.234 e. The minimum absolute atomic E-state index is 0.109. The second-order valence-electron chi connectivity index (χ2n) is 7.47. The summed E-state index contributed by atoms with van der Waals surface area (Å²) in [5.41, 5.74) is 5.09. The zero-order chi connectivity index (χ0) is 18.6. The summed E-state index contributed by atoms with van der Waals surface area (Å²) >= 11 is 0. The summed E-state index contributed by atoms with van der Waals surface area (Å²) in [5, 5.41) is 12.7. The number of rotatable bonds is 4. The van der Waals surface area contributed by atoms with E-state index in [9.17, 15) is 9.90 Å². The molecule has 2 aliphatic rings. The Hall–Kier alpha value is -2.59. The highest BCUT2D eigenvalue weighted by molar-refractivity contribution is 5.79. The number of carbonyl (C=O) groups excluding carboxylic acids is 1. The third kappa shape index (κ3) is 4.22. The van der Waals surface area contributed by atoms with Gasteiger partial charge in [0.05, 0.1) is 12.6 Å². The van der Waals surface area contributed by atoms with Crippen molar-refractivity contribution in [1.29, 1.82) is 0 Å². The number of phenolic OH excluding ortho intramolecular Hbond substituents is 1. The topological polar surface area (TPSA) is 52.6 Å². The summed E-state index contributed by atoms with van der Waals surface area (Å²) in [4.78, 5) is 14.8. The zero-order valence-corrected chi connectivity index (χ0v) is 15.5. The van der Waals surface area contributed by atoms with Crippen LogP contribution in [-0.4, -0.2) is 35.5 Å². The number of fused-ring (bicyclic) bond motifs is 1. The number of benzene rings is 2. The monoisotopic (exact) mass is 362 g/mol. The van der Waals surface area contributed by atoms with Crippen molar-refractivity contribution in [3.05, 3.63) is 71.3 Å². The maximum absolute atomic E-state index is 12.6. The molecule has 1 heterocycles. The summed E-state index contributed by atoms with van der Waals surface area (Å²) in [6.07, 6.45) is 6.38. The molecule has 0 radical (unpaired) electrons. The average molecular weight is 362 g/mol. The molecule has 1 aliphatic heterocycles. The molecule has 140 valence electrons. The second-order valence-corrected chi connectivity index (χ2v) is 7.47. The minimum Gasteiger partial charge on any atom is -0.508 e. The number of hydrogen-bond acceptors (Lipinski definition) is 3. The molecule has 0 fully saturated rings. The Morgan fingerprint density at radius 2 is 1.93 bits per heavy atom. The molecule has 4 nitrogen and oxygen atoms in total. The standard InChI is InChI=1S/C23H26N2O2/c26-20-10-8-17(9-11-20)18-12-14-25(15-13-18)16-23(27)24-22-7-3-5-19-4-1-2-6-21(19)22/h1-2,4,6,8-12,22,26H,3,5,7,13-16H2,(H,24,27). The largest absolute Gasteiger partial charge is 0.508 e. The Labute approximate surface area is 160 Å². The van der Waals surface area contributed by atoms with Crippen molar-refractivity contribution < 1.29 is 9.90 Å². The number of nitrogens with one attached hydrogen (secondary N) is 1. The number of phenols is 1. The highest BCUT2D eigenvalue weighted by atomic mass is 16.3. The van der Waals surface area contributed by atoms with Crippen LogP contribution in [0, 0.1) is 0 Å². The van der Waals surface area contributed by atoms with E-state index >= 15 is 0 Å². The fourth-order valence-electron chi connectivity index (χ4n) is 4.14. The van der Waals surface area contributed by atoms with E-state index in [1.165, 1.54) is 16.7 Å². The van der Waals surface area contributed by atoms with Gasteiger partial charge in [0.15, 0.2) is 0 Å². The molecule has 1 unspecified atom stereocenters. The third-order valence-corrected chi connectivity index (χ3v) is 5.60. The van der Waals surface area contributed by atoms with E-state index in [1.54, 1.807) is 12.1 Å². The molecular formula is C23H26N2O2.